The SMILES string of the molecule is CCc1cc(CC(C)(N)Cc2ccccc2)n(CC)n1. The fourth-order valence-corrected chi connectivity index (χ4v) is 2.64. The smallest absolute Gasteiger partial charge is 0.0624 e. The molecule has 0 saturated heterocycles. The van der Waals surface area contributed by atoms with Crippen LogP contribution in [0.2, 0.25) is 0 Å². The van der Waals surface area contributed by atoms with Crippen molar-refractivity contribution in [2.24, 2.45) is 5.73 Å². The Morgan fingerprint density at radius 2 is 1.85 bits per heavy atom. The molecule has 3 heteroatoms. The van der Waals surface area contributed by atoms with Crippen molar-refractivity contribution in [1.82, 2.24) is 9.78 Å². The number of aromatic nitrogens is 2. The van der Waals surface area contributed by atoms with Crippen LogP contribution in [-0.2, 0) is 25.8 Å². The summed E-state index contributed by atoms with van der Waals surface area (Å²) in [6, 6.07) is 12.6. The zero-order chi connectivity index (χ0) is 14.6. The van der Waals surface area contributed by atoms with Gasteiger partial charge in [-0.25, -0.2) is 0 Å². The van der Waals surface area contributed by atoms with Crippen LogP contribution >= 0.6 is 0 Å². The van der Waals surface area contributed by atoms with E-state index in [1.807, 2.05) is 6.07 Å². The van der Waals surface area contributed by atoms with Crippen molar-refractivity contribution in [2.75, 3.05) is 0 Å². The Bertz CT molecular complexity index is 541. The number of hydrogen-bond acceptors (Lipinski definition) is 2. The summed E-state index contributed by atoms with van der Waals surface area (Å²) in [6.07, 6.45) is 2.70. The molecule has 0 saturated carbocycles. The van der Waals surface area contributed by atoms with E-state index in [0.717, 1.165) is 31.5 Å². The zero-order valence-electron chi connectivity index (χ0n) is 12.8. The lowest BCUT2D eigenvalue weighted by molar-refractivity contribution is 0.441. The lowest BCUT2D eigenvalue weighted by Gasteiger charge is -2.25. The highest BCUT2D eigenvalue weighted by molar-refractivity contribution is 5.20. The number of benzene rings is 1. The van der Waals surface area contributed by atoms with E-state index >= 15 is 0 Å². The quantitative estimate of drug-likeness (QED) is 0.878. The van der Waals surface area contributed by atoms with E-state index < -0.39 is 0 Å². The van der Waals surface area contributed by atoms with Gasteiger partial charge in [-0.05, 0) is 38.3 Å². The van der Waals surface area contributed by atoms with Gasteiger partial charge in [0.25, 0.3) is 0 Å². The summed E-state index contributed by atoms with van der Waals surface area (Å²) < 4.78 is 2.08. The van der Waals surface area contributed by atoms with Gasteiger partial charge in [-0.3, -0.25) is 4.68 Å². The van der Waals surface area contributed by atoms with Crippen LogP contribution < -0.4 is 5.73 Å². The van der Waals surface area contributed by atoms with Crippen molar-refractivity contribution < 1.29 is 0 Å². The molecule has 2 N–H and O–H groups in total. The third-order valence-electron chi connectivity index (χ3n) is 3.61. The van der Waals surface area contributed by atoms with E-state index in [-0.39, 0.29) is 5.54 Å². The second-order valence-electron chi connectivity index (χ2n) is 5.79. The fourth-order valence-electron chi connectivity index (χ4n) is 2.64. The summed E-state index contributed by atoms with van der Waals surface area (Å²) in [5.74, 6) is 0. The molecule has 0 spiro atoms. The Morgan fingerprint density at radius 3 is 2.45 bits per heavy atom. The molecule has 0 aliphatic carbocycles. The van der Waals surface area contributed by atoms with Crippen LogP contribution in [0, 0.1) is 0 Å². The Kier molecular flexibility index (Phi) is 4.61. The second-order valence-corrected chi connectivity index (χ2v) is 5.79. The van der Waals surface area contributed by atoms with Crippen LogP contribution in [-0.4, -0.2) is 15.3 Å². The highest BCUT2D eigenvalue weighted by Crippen LogP contribution is 2.18. The van der Waals surface area contributed by atoms with Crippen molar-refractivity contribution in [2.45, 2.75) is 52.1 Å². The number of hydrogen-bond donors (Lipinski definition) is 1. The minimum absolute atomic E-state index is 0.251. The van der Waals surface area contributed by atoms with Crippen LogP contribution in [0.1, 0.15) is 37.7 Å². The second kappa shape index (κ2) is 6.23. The minimum Gasteiger partial charge on any atom is -0.325 e. The molecule has 0 bridgehead atoms. The molecule has 0 radical (unpaired) electrons. The first-order chi connectivity index (χ1) is 9.54. The van der Waals surface area contributed by atoms with E-state index in [0.29, 0.717) is 0 Å². The highest BCUT2D eigenvalue weighted by Gasteiger charge is 2.22. The summed E-state index contributed by atoms with van der Waals surface area (Å²) in [6.45, 7) is 7.29. The van der Waals surface area contributed by atoms with E-state index in [1.165, 1.54) is 11.3 Å². The van der Waals surface area contributed by atoms with Crippen molar-refractivity contribution in [3.63, 3.8) is 0 Å². The molecule has 1 aromatic carbocycles. The predicted molar refractivity (Wildman–Crippen MR) is 83.7 cm³/mol. The molecule has 0 aliphatic rings. The molecule has 1 atom stereocenters. The Labute approximate surface area is 121 Å². The molecule has 1 unspecified atom stereocenters. The molecule has 0 amide bonds. The summed E-state index contributed by atoms with van der Waals surface area (Å²) in [5.41, 5.74) is 9.94. The monoisotopic (exact) mass is 271 g/mol. The normalized spacial score (nSPS) is 14.2. The van der Waals surface area contributed by atoms with Crippen molar-refractivity contribution >= 4 is 0 Å². The van der Waals surface area contributed by atoms with Crippen molar-refractivity contribution in [3.05, 3.63) is 53.3 Å². The molecular formula is C17H25N3. The molecule has 0 aliphatic heterocycles. The van der Waals surface area contributed by atoms with Gasteiger partial charge in [0.15, 0.2) is 0 Å². The van der Waals surface area contributed by atoms with Gasteiger partial charge in [-0.15, -0.1) is 0 Å². The number of aryl methyl sites for hydroxylation is 2. The maximum atomic E-state index is 6.51. The average Bonchev–Trinajstić information content (AvgIpc) is 2.80. The van der Waals surface area contributed by atoms with Gasteiger partial charge in [-0.1, -0.05) is 37.3 Å². The first-order valence-electron chi connectivity index (χ1n) is 7.42. The van der Waals surface area contributed by atoms with Gasteiger partial charge in [0.1, 0.15) is 0 Å². The van der Waals surface area contributed by atoms with Gasteiger partial charge < -0.3 is 5.73 Å². The first kappa shape index (κ1) is 14.8. The van der Waals surface area contributed by atoms with Crippen molar-refractivity contribution in [3.8, 4) is 0 Å². The molecule has 0 fully saturated rings. The molecule has 1 aromatic heterocycles. The Morgan fingerprint density at radius 1 is 1.15 bits per heavy atom. The third kappa shape index (κ3) is 3.70. The summed E-state index contributed by atoms with van der Waals surface area (Å²) in [7, 11) is 0. The lowest BCUT2D eigenvalue weighted by Crippen LogP contribution is -2.41. The molecule has 2 aromatic rings. The van der Waals surface area contributed by atoms with Gasteiger partial charge >= 0.3 is 0 Å². The summed E-state index contributed by atoms with van der Waals surface area (Å²) >= 11 is 0. The first-order valence-corrected chi connectivity index (χ1v) is 7.42. The van der Waals surface area contributed by atoms with Gasteiger partial charge in [0.2, 0.25) is 0 Å². The van der Waals surface area contributed by atoms with E-state index in [1.54, 1.807) is 0 Å². The summed E-state index contributed by atoms with van der Waals surface area (Å²) in [4.78, 5) is 0. The Hall–Kier alpha value is -1.61. The highest BCUT2D eigenvalue weighted by atomic mass is 15.3. The standard InChI is InChI=1S/C17H25N3/c1-4-15-11-16(20(5-2)19-15)13-17(3,18)12-14-9-7-6-8-10-14/h6-11H,4-5,12-13,18H2,1-3H3. The van der Waals surface area contributed by atoms with Crippen LogP contribution in [0.3, 0.4) is 0 Å². The largest absolute Gasteiger partial charge is 0.325 e. The lowest BCUT2D eigenvalue weighted by atomic mass is 9.89. The molecule has 108 valence electrons. The number of rotatable bonds is 6. The topological polar surface area (TPSA) is 43.8 Å². The van der Waals surface area contributed by atoms with Crippen LogP contribution in [0.15, 0.2) is 36.4 Å². The van der Waals surface area contributed by atoms with E-state index in [9.17, 15) is 0 Å². The average molecular weight is 271 g/mol. The summed E-state index contributed by atoms with van der Waals surface area (Å²) in [5, 5.41) is 4.60. The van der Waals surface area contributed by atoms with Gasteiger partial charge in [-0.2, -0.15) is 5.10 Å². The maximum Gasteiger partial charge on any atom is 0.0624 e. The van der Waals surface area contributed by atoms with Gasteiger partial charge in [0, 0.05) is 24.2 Å². The molecular weight excluding hydrogens is 246 g/mol. The molecule has 1 heterocycles. The molecule has 2 rings (SSSR count). The van der Waals surface area contributed by atoms with Crippen LogP contribution in [0.25, 0.3) is 0 Å². The predicted octanol–water partition coefficient (Wildman–Crippen LogP) is 2.97. The number of nitrogens with zero attached hydrogens (tertiary/aromatic N) is 2. The Balaban J connectivity index is 2.13. The zero-order valence-corrected chi connectivity index (χ0v) is 12.8. The van der Waals surface area contributed by atoms with Crippen molar-refractivity contribution in [1.29, 1.82) is 0 Å². The van der Waals surface area contributed by atoms with Crippen LogP contribution in [0.5, 0.6) is 0 Å². The maximum absolute atomic E-state index is 6.51. The van der Waals surface area contributed by atoms with Crippen LogP contribution in [0.4, 0.5) is 0 Å². The van der Waals surface area contributed by atoms with Gasteiger partial charge in [0.05, 0.1) is 5.69 Å². The number of nitrogens with two attached hydrogens (primary N) is 1. The molecule has 20 heavy (non-hydrogen) atoms. The van der Waals surface area contributed by atoms with E-state index in [4.69, 9.17) is 5.73 Å². The molecule has 3 nitrogen and oxygen atoms in total. The van der Waals surface area contributed by atoms with E-state index in [2.05, 4.69) is 60.9 Å². The third-order valence-corrected chi connectivity index (χ3v) is 3.61. The minimum atomic E-state index is -0.251. The fraction of sp³-hybridized carbons (Fsp3) is 0.471.